The number of hydrogen-bond donors (Lipinski definition) is 1. The Morgan fingerprint density at radius 1 is 1.29 bits per heavy atom. The van der Waals surface area contributed by atoms with E-state index in [0.29, 0.717) is 11.1 Å². The predicted octanol–water partition coefficient (Wildman–Crippen LogP) is 2.16. The lowest BCUT2D eigenvalue weighted by atomic mass is 10.1. The van der Waals surface area contributed by atoms with Gasteiger partial charge in [0.1, 0.15) is 0 Å². The zero-order valence-electron chi connectivity index (χ0n) is 11.4. The van der Waals surface area contributed by atoms with Crippen LogP contribution in [0.2, 0.25) is 0 Å². The van der Waals surface area contributed by atoms with Crippen LogP contribution in [0.1, 0.15) is 11.1 Å². The van der Waals surface area contributed by atoms with Gasteiger partial charge in [-0.05, 0) is 22.4 Å². The molecule has 0 spiro atoms. The van der Waals surface area contributed by atoms with Crippen molar-refractivity contribution >= 4 is 17.3 Å². The highest BCUT2D eigenvalue weighted by atomic mass is 16.6. The molecule has 0 amide bonds. The van der Waals surface area contributed by atoms with Crippen molar-refractivity contribution in [2.24, 2.45) is 7.05 Å². The number of aryl methyl sites for hydroxylation is 1. The summed E-state index contributed by atoms with van der Waals surface area (Å²) in [6.07, 6.45) is 1.33. The minimum atomic E-state index is -0.581. The van der Waals surface area contributed by atoms with Gasteiger partial charge in [0.2, 0.25) is 12.1 Å². The molecule has 1 aromatic carbocycles. The van der Waals surface area contributed by atoms with Gasteiger partial charge in [-0.2, -0.15) is 0 Å². The lowest BCUT2D eigenvalue weighted by molar-refractivity contribution is -0.388. The highest BCUT2D eigenvalue weighted by Crippen LogP contribution is 2.25. The van der Waals surface area contributed by atoms with E-state index in [1.807, 2.05) is 0 Å². The van der Waals surface area contributed by atoms with Crippen LogP contribution in [0.25, 0.3) is 0 Å². The van der Waals surface area contributed by atoms with Crippen molar-refractivity contribution in [2.45, 2.75) is 13.5 Å². The zero-order chi connectivity index (χ0) is 15.6. The van der Waals surface area contributed by atoms with Gasteiger partial charge in [0.15, 0.2) is 0 Å². The Balaban J connectivity index is 2.25. The molecule has 2 rings (SSSR count). The number of nitro groups is 2. The van der Waals surface area contributed by atoms with E-state index in [1.165, 1.54) is 17.0 Å². The minimum Gasteiger partial charge on any atom is -0.360 e. The number of anilines is 1. The number of nitro benzene ring substituents is 1. The Bertz CT molecular complexity index is 710. The maximum Gasteiger partial charge on any atom is 0.406 e. The fourth-order valence-corrected chi connectivity index (χ4v) is 1.99. The van der Waals surface area contributed by atoms with Gasteiger partial charge in [-0.3, -0.25) is 14.7 Å². The van der Waals surface area contributed by atoms with Crippen molar-refractivity contribution in [3.63, 3.8) is 0 Å². The molecule has 1 N–H and O–H groups in total. The standard InChI is InChI=1S/C12H13N5O4/c1-8-9(4-3-5-10(8)16(18)19)6-13-11-12(17(20)21)14-7-15(11)2/h3-5,7,13H,6H2,1-2H3. The van der Waals surface area contributed by atoms with Crippen LogP contribution < -0.4 is 5.32 Å². The quantitative estimate of drug-likeness (QED) is 0.666. The van der Waals surface area contributed by atoms with Gasteiger partial charge in [0, 0.05) is 25.2 Å². The van der Waals surface area contributed by atoms with Crippen LogP contribution in [0.15, 0.2) is 24.5 Å². The summed E-state index contributed by atoms with van der Waals surface area (Å²) in [5.41, 5.74) is 1.24. The van der Waals surface area contributed by atoms with E-state index < -0.39 is 9.85 Å². The van der Waals surface area contributed by atoms with Gasteiger partial charge in [0.05, 0.1) is 4.92 Å². The van der Waals surface area contributed by atoms with Crippen molar-refractivity contribution in [3.8, 4) is 0 Å². The Labute approximate surface area is 119 Å². The van der Waals surface area contributed by atoms with E-state index in [4.69, 9.17) is 0 Å². The lowest BCUT2D eigenvalue weighted by Gasteiger charge is -2.09. The first-order chi connectivity index (χ1) is 9.91. The third-order valence-corrected chi connectivity index (χ3v) is 3.15. The molecule has 21 heavy (non-hydrogen) atoms. The van der Waals surface area contributed by atoms with Gasteiger partial charge in [-0.1, -0.05) is 12.1 Å². The van der Waals surface area contributed by atoms with E-state index in [-0.39, 0.29) is 23.9 Å². The highest BCUT2D eigenvalue weighted by Gasteiger charge is 2.20. The number of aromatic nitrogens is 2. The summed E-state index contributed by atoms with van der Waals surface area (Å²) in [5, 5.41) is 24.6. The molecule has 0 unspecified atom stereocenters. The monoisotopic (exact) mass is 291 g/mol. The molecule has 9 heteroatoms. The van der Waals surface area contributed by atoms with Gasteiger partial charge in [0.25, 0.3) is 5.69 Å². The molecule has 110 valence electrons. The van der Waals surface area contributed by atoms with Crippen LogP contribution >= 0.6 is 0 Å². The number of imidazole rings is 1. The molecule has 0 aliphatic heterocycles. The molecule has 1 aromatic heterocycles. The first kappa shape index (κ1) is 14.4. The third-order valence-electron chi connectivity index (χ3n) is 3.15. The molecule has 0 bridgehead atoms. The van der Waals surface area contributed by atoms with Crippen molar-refractivity contribution in [2.75, 3.05) is 5.32 Å². The van der Waals surface area contributed by atoms with Crippen LogP contribution in [0.5, 0.6) is 0 Å². The predicted molar refractivity (Wildman–Crippen MR) is 75.0 cm³/mol. The molecule has 2 aromatic rings. The minimum absolute atomic E-state index is 0.0220. The van der Waals surface area contributed by atoms with Crippen molar-refractivity contribution in [1.82, 2.24) is 9.55 Å². The second-order valence-corrected chi connectivity index (χ2v) is 4.46. The molecule has 0 atom stereocenters. The number of nitrogens with zero attached hydrogens (tertiary/aromatic N) is 4. The zero-order valence-corrected chi connectivity index (χ0v) is 11.4. The summed E-state index contributed by atoms with van der Waals surface area (Å²) in [6, 6.07) is 4.74. The topological polar surface area (TPSA) is 116 Å². The Kier molecular flexibility index (Phi) is 3.83. The fraction of sp³-hybridized carbons (Fsp3) is 0.250. The molecular formula is C12H13N5O4. The average Bonchev–Trinajstić information content (AvgIpc) is 2.78. The highest BCUT2D eigenvalue weighted by molar-refractivity contribution is 5.53. The summed E-state index contributed by atoms with van der Waals surface area (Å²) in [4.78, 5) is 24.4. The first-order valence-corrected chi connectivity index (χ1v) is 6.04. The van der Waals surface area contributed by atoms with Crippen LogP contribution in [-0.2, 0) is 13.6 Å². The molecule has 1 heterocycles. The second-order valence-electron chi connectivity index (χ2n) is 4.46. The molecule has 0 radical (unpaired) electrons. The largest absolute Gasteiger partial charge is 0.406 e. The summed E-state index contributed by atoms with van der Waals surface area (Å²) in [6.45, 7) is 1.88. The van der Waals surface area contributed by atoms with Crippen LogP contribution in [0, 0.1) is 27.2 Å². The van der Waals surface area contributed by atoms with Crippen LogP contribution in [0.3, 0.4) is 0 Å². The number of hydrogen-bond acceptors (Lipinski definition) is 6. The fourth-order valence-electron chi connectivity index (χ4n) is 1.99. The van der Waals surface area contributed by atoms with E-state index >= 15 is 0 Å². The van der Waals surface area contributed by atoms with Crippen LogP contribution in [-0.4, -0.2) is 19.4 Å². The molecule has 0 fully saturated rings. The van der Waals surface area contributed by atoms with E-state index in [1.54, 1.807) is 26.1 Å². The van der Waals surface area contributed by atoms with Gasteiger partial charge in [-0.25, -0.2) is 0 Å². The Morgan fingerprint density at radius 3 is 2.62 bits per heavy atom. The molecule has 9 nitrogen and oxygen atoms in total. The summed E-state index contributed by atoms with van der Waals surface area (Å²) < 4.78 is 1.49. The summed E-state index contributed by atoms with van der Waals surface area (Å²) >= 11 is 0. The Hall–Kier alpha value is -2.97. The maximum atomic E-state index is 10.9. The molecule has 0 aliphatic carbocycles. The van der Waals surface area contributed by atoms with Crippen molar-refractivity contribution in [3.05, 3.63) is 55.9 Å². The number of nitrogens with one attached hydrogen (secondary N) is 1. The van der Waals surface area contributed by atoms with Crippen molar-refractivity contribution in [1.29, 1.82) is 0 Å². The van der Waals surface area contributed by atoms with Gasteiger partial charge in [-0.15, -0.1) is 0 Å². The second kappa shape index (κ2) is 5.57. The maximum absolute atomic E-state index is 10.9. The van der Waals surface area contributed by atoms with E-state index in [0.717, 1.165) is 0 Å². The van der Waals surface area contributed by atoms with E-state index in [9.17, 15) is 20.2 Å². The average molecular weight is 291 g/mol. The first-order valence-electron chi connectivity index (χ1n) is 6.04. The third kappa shape index (κ3) is 2.81. The van der Waals surface area contributed by atoms with Crippen LogP contribution in [0.4, 0.5) is 17.3 Å². The number of benzene rings is 1. The normalized spacial score (nSPS) is 10.4. The lowest BCUT2D eigenvalue weighted by Crippen LogP contribution is -2.07. The SMILES string of the molecule is Cc1c(CNc2c([N+](=O)[O-])ncn2C)cccc1[N+](=O)[O-]. The summed E-state index contributed by atoms with van der Waals surface area (Å²) in [5.74, 6) is -0.0218. The number of rotatable bonds is 5. The molecule has 0 saturated carbocycles. The molecular weight excluding hydrogens is 278 g/mol. The van der Waals surface area contributed by atoms with Gasteiger partial charge < -0.3 is 15.4 Å². The summed E-state index contributed by atoms with van der Waals surface area (Å²) in [7, 11) is 1.63. The Morgan fingerprint density at radius 2 is 2.00 bits per heavy atom. The smallest absolute Gasteiger partial charge is 0.360 e. The molecule has 0 saturated heterocycles. The van der Waals surface area contributed by atoms with E-state index in [2.05, 4.69) is 10.3 Å². The van der Waals surface area contributed by atoms with Gasteiger partial charge >= 0.3 is 5.82 Å². The van der Waals surface area contributed by atoms with Crippen molar-refractivity contribution < 1.29 is 9.85 Å². The molecule has 0 aliphatic rings.